The number of nitrogens with zero attached hydrogens (tertiary/aromatic N) is 2. The van der Waals surface area contributed by atoms with Crippen LogP contribution in [0, 0.1) is 0 Å². The largest absolute Gasteiger partial charge is 1.00 e. The highest BCUT2D eigenvalue weighted by atomic mass is 35.5. The molecule has 0 heterocycles. The standard InChI is InChI=1S/C45H84NO9.C33H64NO5.2CH4.2ClH/c1-6-8-10-11-22-28-34-46(5,35-38-53-41(4)48)39-45(51)55-43(32-25-9-7-2)42(49)31-26-20-16-12-13-17-21-27-33-44(50)54-37-30-24-19-15-14-18-23-29-36-52-40(3)47;1-6-9-12-14-16-17-18-19-22-24-31(36)32(25-21-11-8-3)39-33(37)29-34(5,27-28-38-30(4)35)26-23-20-15-13-10-7-2;;;;/h20,26,42-43,49H,6-19,21-25,27-39H2,1-5H3;19,22,31-32,36H,6-18,20-21,23-29H2,1-5H3;2*1H4;2*1H/q2*+1;;;;/p-2/b26-20-;22-19-;;;;. The molecule has 0 aromatic heterocycles. The lowest BCUT2D eigenvalue weighted by molar-refractivity contribution is -0.903. The van der Waals surface area contributed by atoms with Crippen LogP contribution in [-0.2, 0) is 57.2 Å². The maximum Gasteiger partial charge on any atom is 0.362 e. The molecule has 0 amide bonds. The molecule has 6 atom stereocenters. The second-order valence-corrected chi connectivity index (χ2v) is 27.5. The van der Waals surface area contributed by atoms with E-state index in [9.17, 15) is 39.0 Å². The minimum atomic E-state index is -0.753. The summed E-state index contributed by atoms with van der Waals surface area (Å²) in [5.74, 6) is -1.49. The summed E-state index contributed by atoms with van der Waals surface area (Å²) < 4.78 is 33.6. The Labute approximate surface area is 615 Å². The Morgan fingerprint density at radius 2 is 0.622 bits per heavy atom. The number of carbonyl (C=O) groups is 6. The van der Waals surface area contributed by atoms with E-state index in [2.05, 4.69) is 52.8 Å². The number of esters is 6. The van der Waals surface area contributed by atoms with Gasteiger partial charge in [0.1, 0.15) is 38.5 Å². The number of unbranched alkanes of at least 4 members (excludes halogenated alkanes) is 32. The number of hydrogen-bond donors (Lipinski definition) is 2. The third kappa shape index (κ3) is 72.5. The zero-order chi connectivity index (χ0) is 70.0. The fourth-order valence-electron chi connectivity index (χ4n) is 11.6. The van der Waals surface area contributed by atoms with E-state index in [-0.39, 0.29) is 95.2 Å². The van der Waals surface area contributed by atoms with Crippen LogP contribution < -0.4 is 24.8 Å². The lowest BCUT2D eigenvalue weighted by Gasteiger charge is -2.34. The first kappa shape index (κ1) is 106. The number of hydrogen-bond acceptors (Lipinski definition) is 14. The third-order valence-electron chi connectivity index (χ3n) is 17.8. The molecule has 0 bridgehead atoms. The highest BCUT2D eigenvalue weighted by Crippen LogP contribution is 2.21. The van der Waals surface area contributed by atoms with E-state index in [1.807, 2.05) is 20.2 Å². The van der Waals surface area contributed by atoms with Crippen LogP contribution in [0.4, 0.5) is 0 Å². The molecule has 0 aliphatic heterocycles. The van der Waals surface area contributed by atoms with E-state index in [1.165, 1.54) is 130 Å². The highest BCUT2D eigenvalue weighted by Gasteiger charge is 2.32. The molecule has 0 fully saturated rings. The zero-order valence-corrected chi connectivity index (χ0v) is 64.8. The van der Waals surface area contributed by atoms with Gasteiger partial charge in [0.05, 0.1) is 52.6 Å². The molecule has 584 valence electrons. The molecule has 16 nitrogen and oxygen atoms in total. The Morgan fingerprint density at radius 1 is 0.337 bits per heavy atom. The fourth-order valence-corrected chi connectivity index (χ4v) is 11.6. The Balaban J connectivity index is -0.000000437. The topological polar surface area (TPSA) is 198 Å². The summed E-state index contributed by atoms with van der Waals surface area (Å²) in [6, 6.07) is 0. The summed E-state index contributed by atoms with van der Waals surface area (Å²) in [5.41, 5.74) is 0. The molecule has 0 aliphatic rings. The third-order valence-corrected chi connectivity index (χ3v) is 17.8. The first-order valence-electron chi connectivity index (χ1n) is 38.6. The minimum absolute atomic E-state index is 0. The van der Waals surface area contributed by atoms with Crippen molar-refractivity contribution >= 4 is 35.8 Å². The van der Waals surface area contributed by atoms with E-state index >= 15 is 0 Å². The normalized spacial score (nSPS) is 13.5. The summed E-state index contributed by atoms with van der Waals surface area (Å²) >= 11 is 0. The zero-order valence-electron chi connectivity index (χ0n) is 63.2. The van der Waals surface area contributed by atoms with Crippen molar-refractivity contribution in [2.75, 3.05) is 79.8 Å². The van der Waals surface area contributed by atoms with Crippen LogP contribution in [0.1, 0.15) is 353 Å². The van der Waals surface area contributed by atoms with Crippen molar-refractivity contribution in [3.63, 3.8) is 0 Å². The summed E-state index contributed by atoms with van der Waals surface area (Å²) in [6.45, 7) is 20.0. The Hall–Kier alpha value is -3.28. The minimum Gasteiger partial charge on any atom is -1.00 e. The van der Waals surface area contributed by atoms with Crippen LogP contribution in [0.2, 0.25) is 0 Å². The van der Waals surface area contributed by atoms with Crippen LogP contribution in [0.5, 0.6) is 0 Å². The molecule has 18 heteroatoms. The molecule has 0 aliphatic carbocycles. The van der Waals surface area contributed by atoms with Crippen LogP contribution in [0.15, 0.2) is 24.3 Å². The van der Waals surface area contributed by atoms with E-state index in [0.717, 1.165) is 154 Å². The lowest BCUT2D eigenvalue weighted by Crippen LogP contribution is -3.00. The molecular weight excluding hydrogens is 1280 g/mol. The van der Waals surface area contributed by atoms with Gasteiger partial charge in [0, 0.05) is 27.2 Å². The molecule has 0 aromatic rings. The maximum atomic E-state index is 13.3. The van der Waals surface area contributed by atoms with Crippen LogP contribution >= 0.6 is 0 Å². The number of rotatable bonds is 66. The molecular formula is C80H156Cl2N2O14. The van der Waals surface area contributed by atoms with Crippen molar-refractivity contribution in [1.82, 2.24) is 0 Å². The van der Waals surface area contributed by atoms with Gasteiger partial charge in [0.25, 0.3) is 0 Å². The smallest absolute Gasteiger partial charge is 0.362 e. The first-order valence-corrected chi connectivity index (χ1v) is 38.6. The summed E-state index contributed by atoms with van der Waals surface area (Å²) in [4.78, 5) is 71.9. The van der Waals surface area contributed by atoms with Gasteiger partial charge in [0.2, 0.25) is 0 Å². The van der Waals surface area contributed by atoms with Gasteiger partial charge in [-0.2, -0.15) is 0 Å². The van der Waals surface area contributed by atoms with Crippen LogP contribution in [-0.4, -0.2) is 159 Å². The number of aliphatic hydroxyl groups excluding tert-OH is 2. The molecule has 98 heavy (non-hydrogen) atoms. The average Bonchev–Trinajstić information content (AvgIpc) is 0.937. The van der Waals surface area contributed by atoms with Gasteiger partial charge in [-0.1, -0.05) is 241 Å². The number of ether oxygens (including phenoxy) is 6. The van der Waals surface area contributed by atoms with Gasteiger partial charge in [-0.25, -0.2) is 9.59 Å². The van der Waals surface area contributed by atoms with E-state index in [1.54, 1.807) is 0 Å². The van der Waals surface area contributed by atoms with Crippen LogP contribution in [0.25, 0.3) is 0 Å². The number of quaternary nitrogens is 2. The van der Waals surface area contributed by atoms with Crippen molar-refractivity contribution in [3.8, 4) is 0 Å². The van der Waals surface area contributed by atoms with Crippen molar-refractivity contribution in [3.05, 3.63) is 24.3 Å². The molecule has 0 spiro atoms. The fraction of sp³-hybridized carbons (Fsp3) is 0.875. The molecule has 0 saturated carbocycles. The molecule has 2 N–H and O–H groups in total. The van der Waals surface area contributed by atoms with Gasteiger partial charge in [-0.3, -0.25) is 19.2 Å². The number of carbonyl (C=O) groups excluding carboxylic acids is 6. The second-order valence-electron chi connectivity index (χ2n) is 27.5. The van der Waals surface area contributed by atoms with Crippen molar-refractivity contribution < 1.29 is 101 Å². The number of likely N-dealkylation sites (N-methyl/N-ethyl adjacent to an activating group) is 2. The molecule has 6 unspecified atom stereocenters. The van der Waals surface area contributed by atoms with Gasteiger partial charge in [-0.15, -0.1) is 0 Å². The van der Waals surface area contributed by atoms with Crippen LogP contribution in [0.3, 0.4) is 0 Å². The summed E-state index contributed by atoms with van der Waals surface area (Å²) in [6.07, 6.45) is 52.3. The number of allylic oxidation sites excluding steroid dienone is 2. The predicted octanol–water partition coefficient (Wildman–Crippen LogP) is 13.3. The van der Waals surface area contributed by atoms with Crippen molar-refractivity contribution in [2.45, 2.75) is 377 Å². The quantitative estimate of drug-likeness (QED) is 0.0192. The van der Waals surface area contributed by atoms with E-state index in [0.29, 0.717) is 74.0 Å². The van der Waals surface area contributed by atoms with Gasteiger partial charge in [0.15, 0.2) is 13.1 Å². The highest BCUT2D eigenvalue weighted by molar-refractivity contribution is 5.71. The first-order chi connectivity index (χ1) is 45.3. The Kier molecular flexibility index (Phi) is 82.4. The molecule has 0 aromatic carbocycles. The monoisotopic (exact) mass is 1440 g/mol. The molecule has 0 rings (SSSR count). The van der Waals surface area contributed by atoms with Gasteiger partial charge >= 0.3 is 35.8 Å². The number of aliphatic hydroxyl groups is 2. The van der Waals surface area contributed by atoms with E-state index < -0.39 is 24.4 Å². The van der Waals surface area contributed by atoms with E-state index in [4.69, 9.17) is 28.4 Å². The molecule has 0 saturated heterocycles. The summed E-state index contributed by atoms with van der Waals surface area (Å²) in [7, 11) is 4.08. The maximum absolute atomic E-state index is 13.3. The predicted molar refractivity (Wildman–Crippen MR) is 397 cm³/mol. The van der Waals surface area contributed by atoms with Gasteiger partial charge < -0.3 is 72.4 Å². The molecule has 0 radical (unpaired) electrons. The summed E-state index contributed by atoms with van der Waals surface area (Å²) in [5, 5.41) is 22.0. The van der Waals surface area contributed by atoms with Gasteiger partial charge in [-0.05, 0) is 109 Å². The number of halogens is 2. The Morgan fingerprint density at radius 3 is 0.969 bits per heavy atom. The Bertz CT molecular complexity index is 1880. The van der Waals surface area contributed by atoms with Crippen molar-refractivity contribution in [1.29, 1.82) is 0 Å². The van der Waals surface area contributed by atoms with Crippen molar-refractivity contribution in [2.24, 2.45) is 0 Å². The lowest BCUT2D eigenvalue weighted by atomic mass is 10.0. The average molecular weight is 1440 g/mol. The SMILES string of the molecule is C.C.CCCCCCCC/C=C\CC(O)C(CCCCC)OC(=O)C[N+](C)(CCCCCCCC)CCOC(C)=O.CCCCCCCC[N+](C)(CCOC(C)=O)CC(=O)OC(CCCCC)C(O)C/C=C\CCCCCCCC(=O)OCCCCCCCCCCOC(C)=O.[Cl-].[Cl-]. The second kappa shape index (κ2) is 76.4.